The Balaban J connectivity index is 2.28. The van der Waals surface area contributed by atoms with Gasteiger partial charge in [-0.1, -0.05) is 18.5 Å². The lowest BCUT2D eigenvalue weighted by Crippen LogP contribution is -2.50. The largest absolute Gasteiger partial charge is 0.495 e. The van der Waals surface area contributed by atoms with Gasteiger partial charge in [-0.3, -0.25) is 0 Å². The van der Waals surface area contributed by atoms with Crippen LogP contribution in [0.4, 0.5) is 0 Å². The van der Waals surface area contributed by atoms with Gasteiger partial charge in [0.2, 0.25) is 10.0 Å². The average molecular weight is 319 g/mol. The summed E-state index contributed by atoms with van der Waals surface area (Å²) in [5.74, 6) is 0.578. The highest BCUT2D eigenvalue weighted by molar-refractivity contribution is 7.89. The highest BCUT2D eigenvalue weighted by Gasteiger charge is 2.28. The van der Waals surface area contributed by atoms with Crippen molar-refractivity contribution in [3.05, 3.63) is 23.2 Å². The van der Waals surface area contributed by atoms with Crippen LogP contribution in [0.2, 0.25) is 5.02 Å². The second kappa shape index (κ2) is 6.30. The number of halogens is 1. The standard InChI is InChI=1S/C13H19ClN2O3S/c1-9-5-6-15-8-11(9)16-20(17,18)13-7-10(14)3-4-12(13)19-2/h3-4,7,9,11,15-16H,5-6,8H2,1-2H3. The normalized spacial score (nSPS) is 23.6. The van der Waals surface area contributed by atoms with Crippen molar-refractivity contribution in [2.24, 2.45) is 5.92 Å². The van der Waals surface area contributed by atoms with Gasteiger partial charge in [-0.25, -0.2) is 13.1 Å². The Morgan fingerprint density at radius 1 is 1.45 bits per heavy atom. The molecule has 0 spiro atoms. The molecule has 5 nitrogen and oxygen atoms in total. The molecule has 2 atom stereocenters. The van der Waals surface area contributed by atoms with E-state index in [4.69, 9.17) is 16.3 Å². The van der Waals surface area contributed by atoms with Gasteiger partial charge in [0.15, 0.2) is 0 Å². The fourth-order valence-electron chi connectivity index (χ4n) is 2.27. The third-order valence-electron chi connectivity index (χ3n) is 3.55. The second-order valence-corrected chi connectivity index (χ2v) is 7.11. The summed E-state index contributed by atoms with van der Waals surface area (Å²) in [6, 6.07) is 4.44. The molecule has 1 fully saturated rings. The van der Waals surface area contributed by atoms with Crippen molar-refractivity contribution in [3.63, 3.8) is 0 Å². The molecular weight excluding hydrogens is 300 g/mol. The molecule has 0 aliphatic carbocycles. The maximum atomic E-state index is 12.5. The van der Waals surface area contributed by atoms with Crippen molar-refractivity contribution in [1.29, 1.82) is 0 Å². The Morgan fingerprint density at radius 3 is 2.85 bits per heavy atom. The number of piperidine rings is 1. The Morgan fingerprint density at radius 2 is 2.20 bits per heavy atom. The summed E-state index contributed by atoms with van der Waals surface area (Å²) < 4.78 is 32.8. The first kappa shape index (κ1) is 15.6. The molecule has 112 valence electrons. The van der Waals surface area contributed by atoms with Gasteiger partial charge in [-0.15, -0.1) is 0 Å². The predicted molar refractivity (Wildman–Crippen MR) is 78.8 cm³/mol. The van der Waals surface area contributed by atoms with Gasteiger partial charge >= 0.3 is 0 Å². The summed E-state index contributed by atoms with van der Waals surface area (Å²) in [5.41, 5.74) is 0. The van der Waals surface area contributed by atoms with Gasteiger partial charge < -0.3 is 10.1 Å². The quantitative estimate of drug-likeness (QED) is 0.885. The molecule has 7 heteroatoms. The molecule has 1 heterocycles. The number of hydrogen-bond donors (Lipinski definition) is 2. The van der Waals surface area contributed by atoms with Crippen LogP contribution >= 0.6 is 11.6 Å². The van der Waals surface area contributed by atoms with Crippen LogP contribution in [0.15, 0.2) is 23.1 Å². The molecule has 2 rings (SSSR count). The molecule has 0 bridgehead atoms. The lowest BCUT2D eigenvalue weighted by Gasteiger charge is -2.30. The van der Waals surface area contributed by atoms with Crippen molar-refractivity contribution in [2.75, 3.05) is 20.2 Å². The van der Waals surface area contributed by atoms with Crippen LogP contribution in [0.5, 0.6) is 5.75 Å². The molecule has 0 amide bonds. The van der Waals surface area contributed by atoms with E-state index in [-0.39, 0.29) is 16.9 Å². The monoisotopic (exact) mass is 318 g/mol. The van der Waals surface area contributed by atoms with Crippen molar-refractivity contribution in [3.8, 4) is 5.75 Å². The van der Waals surface area contributed by atoms with Crippen molar-refractivity contribution in [2.45, 2.75) is 24.3 Å². The number of ether oxygens (including phenoxy) is 1. The Bertz CT molecular complexity index is 577. The summed E-state index contributed by atoms with van der Waals surface area (Å²) in [4.78, 5) is 0.0743. The third-order valence-corrected chi connectivity index (χ3v) is 5.30. The smallest absolute Gasteiger partial charge is 0.244 e. The number of sulfonamides is 1. The summed E-state index contributed by atoms with van der Waals surface area (Å²) in [6.07, 6.45) is 0.944. The van der Waals surface area contributed by atoms with Crippen LogP contribution < -0.4 is 14.8 Å². The molecule has 1 saturated heterocycles. The summed E-state index contributed by atoms with van der Waals surface area (Å²) in [5, 5.41) is 3.56. The number of methoxy groups -OCH3 is 1. The third kappa shape index (κ3) is 3.44. The van der Waals surface area contributed by atoms with Crippen LogP contribution in [-0.4, -0.2) is 34.7 Å². The molecule has 2 N–H and O–H groups in total. The zero-order chi connectivity index (χ0) is 14.8. The van der Waals surface area contributed by atoms with E-state index in [1.165, 1.54) is 13.2 Å². The van der Waals surface area contributed by atoms with Crippen molar-refractivity contribution < 1.29 is 13.2 Å². The maximum Gasteiger partial charge on any atom is 0.244 e. The first-order valence-corrected chi connectivity index (χ1v) is 8.37. The topological polar surface area (TPSA) is 67.4 Å². The minimum atomic E-state index is -3.66. The van der Waals surface area contributed by atoms with E-state index in [1.807, 2.05) is 6.92 Å². The molecule has 2 unspecified atom stereocenters. The van der Waals surface area contributed by atoms with E-state index >= 15 is 0 Å². The molecule has 1 aromatic rings. The van der Waals surface area contributed by atoms with Gasteiger partial charge in [0.1, 0.15) is 10.6 Å². The number of hydrogen-bond acceptors (Lipinski definition) is 4. The van der Waals surface area contributed by atoms with Crippen LogP contribution in [0, 0.1) is 5.92 Å². The molecule has 1 aliphatic rings. The first-order chi connectivity index (χ1) is 9.44. The van der Waals surface area contributed by atoms with Crippen molar-refractivity contribution in [1.82, 2.24) is 10.0 Å². The number of benzene rings is 1. The minimum absolute atomic E-state index is 0.0743. The fraction of sp³-hybridized carbons (Fsp3) is 0.538. The number of rotatable bonds is 4. The highest BCUT2D eigenvalue weighted by atomic mass is 35.5. The molecule has 0 saturated carbocycles. The Hall–Kier alpha value is -0.820. The van der Waals surface area contributed by atoms with Crippen molar-refractivity contribution >= 4 is 21.6 Å². The lowest BCUT2D eigenvalue weighted by atomic mass is 9.96. The van der Waals surface area contributed by atoms with Crippen LogP contribution in [0.3, 0.4) is 0 Å². The SMILES string of the molecule is COc1ccc(Cl)cc1S(=O)(=O)NC1CNCCC1C. The maximum absolute atomic E-state index is 12.5. The highest BCUT2D eigenvalue weighted by Crippen LogP contribution is 2.27. The summed E-state index contributed by atoms with van der Waals surface area (Å²) in [6.45, 7) is 3.59. The zero-order valence-corrected chi connectivity index (χ0v) is 13.1. The Labute approximate surface area is 124 Å². The number of nitrogens with one attached hydrogen (secondary N) is 2. The average Bonchev–Trinajstić information content (AvgIpc) is 2.41. The first-order valence-electron chi connectivity index (χ1n) is 6.50. The summed E-state index contributed by atoms with van der Waals surface area (Å²) >= 11 is 5.89. The van der Waals surface area contributed by atoms with Gasteiger partial charge in [-0.2, -0.15) is 0 Å². The van der Waals surface area contributed by atoms with Crippen LogP contribution in [0.25, 0.3) is 0 Å². The predicted octanol–water partition coefficient (Wildman–Crippen LogP) is 1.62. The molecule has 1 aromatic carbocycles. The molecular formula is C13H19ClN2O3S. The molecule has 20 heavy (non-hydrogen) atoms. The zero-order valence-electron chi connectivity index (χ0n) is 11.5. The fourth-order valence-corrected chi connectivity index (χ4v) is 4.05. The molecule has 0 aromatic heterocycles. The summed E-state index contributed by atoms with van der Waals surface area (Å²) in [7, 11) is -2.22. The van der Waals surface area contributed by atoms with E-state index in [0.717, 1.165) is 13.0 Å². The molecule has 0 radical (unpaired) electrons. The Kier molecular flexibility index (Phi) is 4.90. The van der Waals surface area contributed by atoms with Gasteiger partial charge in [0.05, 0.1) is 7.11 Å². The van der Waals surface area contributed by atoms with E-state index in [1.54, 1.807) is 12.1 Å². The van der Waals surface area contributed by atoms with E-state index in [0.29, 0.717) is 17.3 Å². The van der Waals surface area contributed by atoms with Crippen LogP contribution in [-0.2, 0) is 10.0 Å². The van der Waals surface area contributed by atoms with E-state index < -0.39 is 10.0 Å². The minimum Gasteiger partial charge on any atom is -0.495 e. The van der Waals surface area contributed by atoms with Gasteiger partial charge in [0.25, 0.3) is 0 Å². The van der Waals surface area contributed by atoms with E-state index in [2.05, 4.69) is 10.0 Å². The molecule has 1 aliphatic heterocycles. The van der Waals surface area contributed by atoms with Gasteiger partial charge in [-0.05, 0) is 37.1 Å². The lowest BCUT2D eigenvalue weighted by molar-refractivity contribution is 0.326. The van der Waals surface area contributed by atoms with Crippen LogP contribution in [0.1, 0.15) is 13.3 Å². The second-order valence-electron chi connectivity index (χ2n) is 4.99. The van der Waals surface area contributed by atoms with E-state index in [9.17, 15) is 8.42 Å². The van der Waals surface area contributed by atoms with Gasteiger partial charge in [0, 0.05) is 17.6 Å².